The SMILES string of the molecule is COc1ccc(N2C(=O)c3cnc4n[nH]c(-c5ccc(Cl)cc5)c4c3C2=O)c(OC)c1. The van der Waals surface area contributed by atoms with Crippen molar-refractivity contribution in [2.45, 2.75) is 0 Å². The van der Waals surface area contributed by atoms with Crippen molar-refractivity contribution >= 4 is 40.1 Å². The second-order valence-corrected chi connectivity index (χ2v) is 7.27. The lowest BCUT2D eigenvalue weighted by atomic mass is 10.0. The highest BCUT2D eigenvalue weighted by Gasteiger charge is 2.41. The average Bonchev–Trinajstić information content (AvgIpc) is 3.33. The number of hydrogen-bond acceptors (Lipinski definition) is 6. The Hall–Kier alpha value is -3.91. The van der Waals surface area contributed by atoms with Crippen LogP contribution in [0.25, 0.3) is 22.3 Å². The van der Waals surface area contributed by atoms with Crippen LogP contribution in [0.5, 0.6) is 11.5 Å². The first-order chi connectivity index (χ1) is 15.0. The lowest BCUT2D eigenvalue weighted by molar-refractivity contribution is 0.0925. The van der Waals surface area contributed by atoms with Gasteiger partial charge in [0.1, 0.15) is 11.5 Å². The minimum Gasteiger partial charge on any atom is -0.497 e. The van der Waals surface area contributed by atoms with Crippen LogP contribution in [-0.2, 0) is 0 Å². The van der Waals surface area contributed by atoms with Crippen LogP contribution in [-0.4, -0.2) is 41.2 Å². The van der Waals surface area contributed by atoms with E-state index >= 15 is 0 Å². The minimum atomic E-state index is -0.485. The number of imide groups is 1. The molecule has 2 aromatic carbocycles. The number of pyridine rings is 1. The number of methoxy groups -OCH3 is 2. The van der Waals surface area contributed by atoms with E-state index in [1.165, 1.54) is 20.4 Å². The van der Waals surface area contributed by atoms with Gasteiger partial charge in [-0.1, -0.05) is 23.7 Å². The summed E-state index contributed by atoms with van der Waals surface area (Å²) >= 11 is 6.00. The fourth-order valence-electron chi connectivity index (χ4n) is 3.71. The van der Waals surface area contributed by atoms with Crippen molar-refractivity contribution in [3.63, 3.8) is 0 Å². The molecule has 2 aromatic heterocycles. The number of carbonyl (C=O) groups excluding carboxylic acids is 2. The monoisotopic (exact) mass is 434 g/mol. The summed E-state index contributed by atoms with van der Waals surface area (Å²) in [6.07, 6.45) is 1.38. The number of aromatic amines is 1. The van der Waals surface area contributed by atoms with Gasteiger partial charge in [0.2, 0.25) is 0 Å². The fraction of sp³-hybridized carbons (Fsp3) is 0.0909. The molecule has 0 spiro atoms. The Kier molecular flexibility index (Phi) is 4.37. The van der Waals surface area contributed by atoms with Gasteiger partial charge in [0.05, 0.1) is 42.1 Å². The number of ether oxygens (including phenoxy) is 2. The van der Waals surface area contributed by atoms with E-state index in [0.717, 1.165) is 10.5 Å². The quantitative estimate of drug-likeness (QED) is 0.486. The third-order valence-corrected chi connectivity index (χ3v) is 5.45. The molecule has 0 atom stereocenters. The molecular weight excluding hydrogens is 420 g/mol. The predicted octanol–water partition coefficient (Wildman–Crippen LogP) is 4.10. The van der Waals surface area contributed by atoms with Gasteiger partial charge in [-0.2, -0.15) is 5.10 Å². The summed E-state index contributed by atoms with van der Waals surface area (Å²) in [5.41, 5.74) is 2.45. The van der Waals surface area contributed by atoms with Crippen LogP contribution in [0.1, 0.15) is 20.7 Å². The van der Waals surface area contributed by atoms with E-state index in [4.69, 9.17) is 21.1 Å². The zero-order valence-electron chi connectivity index (χ0n) is 16.5. The van der Waals surface area contributed by atoms with E-state index in [1.807, 2.05) is 0 Å². The largest absolute Gasteiger partial charge is 0.497 e. The van der Waals surface area contributed by atoms with Crippen LogP contribution in [0.4, 0.5) is 5.69 Å². The normalized spacial score (nSPS) is 13.1. The topological polar surface area (TPSA) is 97.4 Å². The molecule has 0 aliphatic carbocycles. The number of hydrogen-bond donors (Lipinski definition) is 1. The second kappa shape index (κ2) is 7.10. The molecule has 0 saturated carbocycles. The molecule has 1 aliphatic rings. The standard InChI is InChI=1S/C22H15ClN4O4/c1-30-13-7-8-15(16(9-13)31-2)27-21(28)14-10-24-20-18(17(14)22(27)29)19(25-26-20)11-3-5-12(23)6-4-11/h3-10H,1-2H3,(H,24,25,26). The number of nitrogens with zero attached hydrogens (tertiary/aromatic N) is 3. The smallest absolute Gasteiger partial charge is 0.267 e. The zero-order chi connectivity index (χ0) is 21.7. The Morgan fingerprint density at radius 1 is 1.00 bits per heavy atom. The number of aromatic nitrogens is 3. The lowest BCUT2D eigenvalue weighted by Crippen LogP contribution is -2.29. The van der Waals surface area contributed by atoms with Gasteiger partial charge in [-0.25, -0.2) is 9.88 Å². The summed E-state index contributed by atoms with van der Waals surface area (Å²) < 4.78 is 10.6. The molecule has 4 aromatic rings. The van der Waals surface area contributed by atoms with Crippen molar-refractivity contribution in [1.29, 1.82) is 0 Å². The van der Waals surface area contributed by atoms with Gasteiger partial charge in [-0.15, -0.1) is 0 Å². The Labute approximate surface area is 181 Å². The van der Waals surface area contributed by atoms with Crippen molar-refractivity contribution in [2.75, 3.05) is 19.1 Å². The van der Waals surface area contributed by atoms with Gasteiger partial charge < -0.3 is 9.47 Å². The molecule has 31 heavy (non-hydrogen) atoms. The van der Waals surface area contributed by atoms with E-state index in [-0.39, 0.29) is 11.1 Å². The Balaban J connectivity index is 1.70. The molecule has 0 unspecified atom stereocenters. The van der Waals surface area contributed by atoms with Crippen LogP contribution in [0, 0.1) is 0 Å². The third-order valence-electron chi connectivity index (χ3n) is 5.19. The van der Waals surface area contributed by atoms with E-state index in [0.29, 0.717) is 38.9 Å². The molecule has 0 radical (unpaired) electrons. The van der Waals surface area contributed by atoms with Crippen molar-refractivity contribution in [3.05, 3.63) is 64.8 Å². The van der Waals surface area contributed by atoms with Gasteiger partial charge in [0, 0.05) is 22.8 Å². The number of benzene rings is 2. The molecule has 0 fully saturated rings. The summed E-state index contributed by atoms with van der Waals surface area (Å²) in [6.45, 7) is 0. The highest BCUT2D eigenvalue weighted by atomic mass is 35.5. The highest BCUT2D eigenvalue weighted by molar-refractivity contribution is 6.38. The molecule has 8 nitrogen and oxygen atoms in total. The van der Waals surface area contributed by atoms with E-state index in [2.05, 4.69) is 15.2 Å². The second-order valence-electron chi connectivity index (χ2n) is 6.83. The number of nitrogens with one attached hydrogen (secondary N) is 1. The zero-order valence-corrected chi connectivity index (χ0v) is 17.2. The van der Waals surface area contributed by atoms with Crippen molar-refractivity contribution in [2.24, 2.45) is 0 Å². The number of H-pyrrole nitrogens is 1. The minimum absolute atomic E-state index is 0.201. The van der Waals surface area contributed by atoms with Crippen molar-refractivity contribution in [1.82, 2.24) is 15.2 Å². The van der Waals surface area contributed by atoms with Gasteiger partial charge in [-0.3, -0.25) is 14.7 Å². The third kappa shape index (κ3) is 2.83. The summed E-state index contributed by atoms with van der Waals surface area (Å²) in [5, 5.41) is 8.21. The molecule has 3 heterocycles. The van der Waals surface area contributed by atoms with E-state index in [1.54, 1.807) is 42.5 Å². The first-order valence-electron chi connectivity index (χ1n) is 9.27. The van der Waals surface area contributed by atoms with E-state index in [9.17, 15) is 9.59 Å². The number of rotatable bonds is 4. The molecule has 1 aliphatic heterocycles. The van der Waals surface area contributed by atoms with Gasteiger partial charge in [0.15, 0.2) is 5.65 Å². The first kappa shape index (κ1) is 19.1. The van der Waals surface area contributed by atoms with Gasteiger partial charge in [0.25, 0.3) is 11.8 Å². The molecule has 0 saturated heterocycles. The summed E-state index contributed by atoms with van der Waals surface area (Å²) in [4.78, 5) is 32.1. The molecule has 5 rings (SSSR count). The highest BCUT2D eigenvalue weighted by Crippen LogP contribution is 2.40. The predicted molar refractivity (Wildman–Crippen MR) is 115 cm³/mol. The van der Waals surface area contributed by atoms with Gasteiger partial charge in [-0.05, 0) is 24.3 Å². The van der Waals surface area contributed by atoms with Gasteiger partial charge >= 0.3 is 0 Å². The average molecular weight is 435 g/mol. The summed E-state index contributed by atoms with van der Waals surface area (Å²) in [5.74, 6) is -0.0853. The number of amides is 2. The molecule has 1 N–H and O–H groups in total. The number of carbonyl (C=O) groups is 2. The molecule has 0 bridgehead atoms. The number of halogens is 1. The van der Waals surface area contributed by atoms with Crippen LogP contribution in [0.3, 0.4) is 0 Å². The lowest BCUT2D eigenvalue weighted by Gasteiger charge is -2.18. The van der Waals surface area contributed by atoms with Crippen molar-refractivity contribution in [3.8, 4) is 22.8 Å². The Morgan fingerprint density at radius 2 is 1.77 bits per heavy atom. The maximum atomic E-state index is 13.5. The number of anilines is 1. The molecular formula is C22H15ClN4O4. The van der Waals surface area contributed by atoms with Crippen LogP contribution >= 0.6 is 11.6 Å². The fourth-order valence-corrected chi connectivity index (χ4v) is 3.84. The Bertz CT molecular complexity index is 1360. The summed E-state index contributed by atoms with van der Waals surface area (Å²) in [6, 6.07) is 12.0. The van der Waals surface area contributed by atoms with Crippen LogP contribution in [0.2, 0.25) is 5.02 Å². The molecule has 154 valence electrons. The van der Waals surface area contributed by atoms with Crippen molar-refractivity contribution < 1.29 is 19.1 Å². The summed E-state index contributed by atoms with van der Waals surface area (Å²) in [7, 11) is 2.99. The maximum Gasteiger partial charge on any atom is 0.267 e. The van der Waals surface area contributed by atoms with Crippen LogP contribution < -0.4 is 14.4 Å². The van der Waals surface area contributed by atoms with E-state index < -0.39 is 11.8 Å². The molecule has 9 heteroatoms. The first-order valence-corrected chi connectivity index (χ1v) is 9.65. The Morgan fingerprint density at radius 3 is 2.48 bits per heavy atom. The number of fused-ring (bicyclic) bond motifs is 3. The maximum absolute atomic E-state index is 13.5. The van der Waals surface area contributed by atoms with Crippen LogP contribution in [0.15, 0.2) is 48.7 Å². The molecule has 2 amide bonds.